The topological polar surface area (TPSA) is 17.1 Å². The monoisotopic (exact) mass is 304 g/mol. The summed E-state index contributed by atoms with van der Waals surface area (Å²) in [4.78, 5) is 10.8. The van der Waals surface area contributed by atoms with Gasteiger partial charge in [0.05, 0.1) is 0 Å². The highest BCUT2D eigenvalue weighted by Crippen LogP contribution is 2.38. The molecule has 0 unspecified atom stereocenters. The third-order valence-electron chi connectivity index (χ3n) is 2.11. The Bertz CT molecular complexity index is 332. The van der Waals surface area contributed by atoms with Crippen LogP contribution in [0, 0.1) is 13.8 Å². The Labute approximate surface area is 94.8 Å². The summed E-state index contributed by atoms with van der Waals surface area (Å²) in [5.74, 6) is 0. The van der Waals surface area contributed by atoms with E-state index in [9.17, 15) is 4.79 Å². The molecular weight excluding hydrogens is 296 g/mol. The molecule has 3 heteroatoms. The van der Waals surface area contributed by atoms with Gasteiger partial charge in [-0.1, -0.05) is 50.1 Å². The molecule has 0 fully saturated rings. The fourth-order valence-electron chi connectivity index (χ4n) is 1.18. The zero-order valence-corrected chi connectivity index (χ0v) is 10.6. The third kappa shape index (κ3) is 2.20. The summed E-state index contributed by atoms with van der Waals surface area (Å²) in [6.45, 7) is 4.03. The number of benzene rings is 1. The van der Waals surface area contributed by atoms with Crippen LogP contribution in [0.2, 0.25) is 0 Å². The van der Waals surface area contributed by atoms with E-state index < -0.39 is 3.23 Å². The van der Waals surface area contributed by atoms with Crippen LogP contribution < -0.4 is 0 Å². The molecule has 0 aromatic heterocycles. The van der Waals surface area contributed by atoms with Gasteiger partial charge in [0.25, 0.3) is 0 Å². The van der Waals surface area contributed by atoms with Gasteiger partial charge < -0.3 is 4.79 Å². The molecule has 0 saturated heterocycles. The van der Waals surface area contributed by atoms with E-state index in [-0.39, 0.29) is 0 Å². The van der Waals surface area contributed by atoms with Crippen LogP contribution in [-0.4, -0.2) is 6.29 Å². The van der Waals surface area contributed by atoms with E-state index >= 15 is 0 Å². The first-order valence-corrected chi connectivity index (χ1v) is 5.48. The first kappa shape index (κ1) is 10.9. The van der Waals surface area contributed by atoms with Crippen molar-refractivity contribution in [3.63, 3.8) is 0 Å². The van der Waals surface area contributed by atoms with E-state index in [2.05, 4.69) is 31.9 Å². The van der Waals surface area contributed by atoms with Crippen LogP contribution in [0.3, 0.4) is 0 Å². The number of aryl methyl sites for hydroxylation is 1. The minimum absolute atomic E-state index is 0.740. The molecule has 0 heterocycles. The fourth-order valence-corrected chi connectivity index (χ4v) is 2.03. The molecule has 0 aliphatic heterocycles. The number of halogens is 2. The second-order valence-electron chi connectivity index (χ2n) is 2.99. The average Bonchev–Trinajstić information content (AvgIpc) is 2.09. The van der Waals surface area contributed by atoms with Crippen molar-refractivity contribution >= 4 is 38.1 Å². The highest BCUT2D eigenvalue weighted by molar-refractivity contribution is 9.25. The van der Waals surface area contributed by atoms with Crippen molar-refractivity contribution in [2.75, 3.05) is 0 Å². The van der Waals surface area contributed by atoms with Crippen LogP contribution >= 0.6 is 31.9 Å². The van der Waals surface area contributed by atoms with E-state index in [0.717, 1.165) is 17.4 Å². The van der Waals surface area contributed by atoms with Crippen molar-refractivity contribution in [1.29, 1.82) is 0 Å². The van der Waals surface area contributed by atoms with Crippen molar-refractivity contribution in [1.82, 2.24) is 0 Å². The Morgan fingerprint density at radius 3 is 2.46 bits per heavy atom. The molecule has 0 N–H and O–H groups in total. The number of hydrogen-bond acceptors (Lipinski definition) is 1. The van der Waals surface area contributed by atoms with Crippen molar-refractivity contribution < 1.29 is 4.79 Å². The SMILES string of the molecule is Cc1cccc(C(Br)(Br)C=O)c1C. The minimum atomic E-state index is -0.740. The van der Waals surface area contributed by atoms with Gasteiger partial charge in [0.15, 0.2) is 9.52 Å². The van der Waals surface area contributed by atoms with E-state index in [1.807, 2.05) is 32.0 Å². The second-order valence-corrected chi connectivity index (χ2v) is 6.55. The second kappa shape index (κ2) is 3.93. The molecule has 0 amide bonds. The van der Waals surface area contributed by atoms with Crippen LogP contribution in [0.4, 0.5) is 0 Å². The van der Waals surface area contributed by atoms with Crippen LogP contribution in [0.25, 0.3) is 0 Å². The standard InChI is InChI=1S/C10H10Br2O/c1-7-4-3-5-9(8(7)2)10(11,12)6-13/h3-6H,1-2H3. The smallest absolute Gasteiger partial charge is 0.160 e. The normalized spacial score (nSPS) is 11.4. The van der Waals surface area contributed by atoms with Crippen LogP contribution in [0.5, 0.6) is 0 Å². The van der Waals surface area contributed by atoms with Gasteiger partial charge in [0, 0.05) is 0 Å². The minimum Gasteiger partial charge on any atom is -0.300 e. The zero-order valence-electron chi connectivity index (χ0n) is 7.47. The first-order chi connectivity index (χ1) is 5.99. The molecule has 0 bridgehead atoms. The van der Waals surface area contributed by atoms with Gasteiger partial charge in [-0.2, -0.15) is 0 Å². The van der Waals surface area contributed by atoms with Crippen LogP contribution in [0.15, 0.2) is 18.2 Å². The largest absolute Gasteiger partial charge is 0.300 e. The molecule has 1 nitrogen and oxygen atoms in total. The number of aldehydes is 1. The van der Waals surface area contributed by atoms with Crippen molar-refractivity contribution in [3.8, 4) is 0 Å². The summed E-state index contributed by atoms with van der Waals surface area (Å²) in [7, 11) is 0. The maximum Gasteiger partial charge on any atom is 0.160 e. The molecular formula is C10H10Br2O. The van der Waals surface area contributed by atoms with Crippen molar-refractivity contribution in [3.05, 3.63) is 34.9 Å². The molecule has 13 heavy (non-hydrogen) atoms. The average molecular weight is 306 g/mol. The summed E-state index contributed by atoms with van der Waals surface area (Å²) in [5, 5.41) is 0. The lowest BCUT2D eigenvalue weighted by molar-refractivity contribution is -0.107. The van der Waals surface area contributed by atoms with Crippen LogP contribution in [0.1, 0.15) is 16.7 Å². The molecule has 0 aliphatic carbocycles. The Hall–Kier alpha value is -0.150. The fraction of sp³-hybridized carbons (Fsp3) is 0.300. The highest BCUT2D eigenvalue weighted by atomic mass is 79.9. The van der Waals surface area contributed by atoms with E-state index in [1.54, 1.807) is 0 Å². The van der Waals surface area contributed by atoms with E-state index in [1.165, 1.54) is 5.56 Å². The summed E-state index contributed by atoms with van der Waals surface area (Å²) >= 11 is 6.65. The number of alkyl halides is 2. The Morgan fingerprint density at radius 1 is 1.31 bits per heavy atom. The predicted octanol–water partition coefficient (Wildman–Crippen LogP) is 3.44. The molecule has 0 spiro atoms. The Balaban J connectivity index is 3.30. The molecule has 1 aromatic carbocycles. The number of carbonyl (C=O) groups excluding carboxylic acids is 1. The lowest BCUT2D eigenvalue weighted by Gasteiger charge is -2.17. The molecule has 1 rings (SSSR count). The Morgan fingerprint density at radius 2 is 1.92 bits per heavy atom. The summed E-state index contributed by atoms with van der Waals surface area (Å²) in [6.07, 6.45) is 0.842. The maximum atomic E-state index is 10.8. The van der Waals surface area contributed by atoms with Crippen LogP contribution in [-0.2, 0) is 8.03 Å². The van der Waals surface area contributed by atoms with Gasteiger partial charge in [-0.3, -0.25) is 0 Å². The number of hydrogen-bond donors (Lipinski definition) is 0. The van der Waals surface area contributed by atoms with Gasteiger partial charge >= 0.3 is 0 Å². The van der Waals surface area contributed by atoms with E-state index in [0.29, 0.717) is 0 Å². The van der Waals surface area contributed by atoms with Gasteiger partial charge in [-0.25, -0.2) is 0 Å². The summed E-state index contributed by atoms with van der Waals surface area (Å²) < 4.78 is -0.740. The number of carbonyl (C=O) groups is 1. The van der Waals surface area contributed by atoms with E-state index in [4.69, 9.17) is 0 Å². The highest BCUT2D eigenvalue weighted by Gasteiger charge is 2.26. The zero-order chi connectivity index (χ0) is 10.1. The van der Waals surface area contributed by atoms with Crippen molar-refractivity contribution in [2.24, 2.45) is 0 Å². The lowest BCUT2D eigenvalue weighted by Crippen LogP contribution is -2.12. The molecule has 0 aliphatic rings. The lowest BCUT2D eigenvalue weighted by atomic mass is 10.0. The summed E-state index contributed by atoms with van der Waals surface area (Å²) in [6, 6.07) is 5.90. The predicted molar refractivity (Wildman–Crippen MR) is 61.5 cm³/mol. The molecule has 0 radical (unpaired) electrons. The first-order valence-electron chi connectivity index (χ1n) is 3.90. The number of rotatable bonds is 2. The van der Waals surface area contributed by atoms with Crippen molar-refractivity contribution in [2.45, 2.75) is 17.1 Å². The molecule has 70 valence electrons. The van der Waals surface area contributed by atoms with Gasteiger partial charge in [0.1, 0.15) is 0 Å². The van der Waals surface area contributed by atoms with Gasteiger partial charge in [-0.15, -0.1) is 0 Å². The quantitative estimate of drug-likeness (QED) is 0.604. The molecule has 0 atom stereocenters. The third-order valence-corrected chi connectivity index (χ3v) is 3.34. The van der Waals surface area contributed by atoms with Gasteiger partial charge in [-0.05, 0) is 30.5 Å². The molecule has 0 saturated carbocycles. The Kier molecular flexibility index (Phi) is 3.30. The summed E-state index contributed by atoms with van der Waals surface area (Å²) in [5.41, 5.74) is 3.27. The maximum absolute atomic E-state index is 10.8. The van der Waals surface area contributed by atoms with Gasteiger partial charge in [0.2, 0.25) is 0 Å². The molecule has 1 aromatic rings.